The lowest BCUT2D eigenvalue weighted by molar-refractivity contribution is -0.132. The van der Waals surface area contributed by atoms with Crippen molar-refractivity contribution >= 4 is 23.4 Å². The third kappa shape index (κ3) is 2.58. The van der Waals surface area contributed by atoms with Gasteiger partial charge in [-0.2, -0.15) is 0 Å². The van der Waals surface area contributed by atoms with Crippen LogP contribution >= 0.6 is 11.3 Å². The largest absolute Gasteiger partial charge is 0.478 e. The molecule has 13 heavy (non-hydrogen) atoms. The van der Waals surface area contributed by atoms with Crippen molar-refractivity contribution in [3.05, 3.63) is 32.7 Å². The Labute approximate surface area is 76.8 Å². The van der Waals surface area contributed by atoms with E-state index >= 15 is 0 Å². The number of nitrogens with zero attached hydrogens (tertiary/aromatic N) is 4. The molecular weight excluding hydrogens is 192 g/mol. The average Bonchev–Trinajstić information content (AvgIpc) is 2.56. The smallest absolute Gasteiger partial charge is 0.338 e. The fraction of sp³-hybridized carbons (Fsp3) is 0. The molecule has 0 radical (unpaired) electrons. The molecule has 0 unspecified atom stereocenters. The van der Waals surface area contributed by atoms with Crippen LogP contribution in [-0.4, -0.2) is 16.1 Å². The molecular formula is C6H4N4O2S. The molecule has 0 aromatic carbocycles. The maximum atomic E-state index is 10.5. The molecule has 7 heteroatoms. The standard InChI is InChI=1S/C6H4N4O2S/c7-10-9-5(6(11)12)1-4-2-8-3-13-4/h1-3H,(H,11,12)/b5-1-. The van der Waals surface area contributed by atoms with E-state index < -0.39 is 5.97 Å². The Kier molecular flexibility index (Phi) is 3.02. The summed E-state index contributed by atoms with van der Waals surface area (Å²) in [5, 5.41) is 11.6. The van der Waals surface area contributed by atoms with Gasteiger partial charge in [-0.15, -0.1) is 11.3 Å². The molecule has 6 nitrogen and oxygen atoms in total. The highest BCUT2D eigenvalue weighted by Gasteiger charge is 2.04. The zero-order chi connectivity index (χ0) is 9.68. The van der Waals surface area contributed by atoms with Crippen molar-refractivity contribution in [2.24, 2.45) is 5.11 Å². The first-order valence-corrected chi connectivity index (χ1v) is 4.00. The Morgan fingerprint density at radius 2 is 2.62 bits per heavy atom. The van der Waals surface area contributed by atoms with Gasteiger partial charge >= 0.3 is 5.97 Å². The van der Waals surface area contributed by atoms with Crippen molar-refractivity contribution < 1.29 is 9.90 Å². The van der Waals surface area contributed by atoms with Crippen molar-refractivity contribution in [3.63, 3.8) is 0 Å². The first-order valence-electron chi connectivity index (χ1n) is 3.12. The number of carboxylic acid groups (broad SMARTS) is 1. The highest BCUT2D eigenvalue weighted by Crippen LogP contribution is 2.12. The molecule has 0 aliphatic heterocycles. The average molecular weight is 196 g/mol. The molecule has 0 aliphatic rings. The van der Waals surface area contributed by atoms with E-state index in [0.717, 1.165) is 0 Å². The van der Waals surface area contributed by atoms with Crippen LogP contribution < -0.4 is 0 Å². The van der Waals surface area contributed by atoms with Crippen molar-refractivity contribution in [2.75, 3.05) is 0 Å². The molecule has 0 bridgehead atoms. The van der Waals surface area contributed by atoms with Gasteiger partial charge in [0.2, 0.25) is 0 Å². The van der Waals surface area contributed by atoms with E-state index in [0.29, 0.717) is 4.88 Å². The van der Waals surface area contributed by atoms with Crippen LogP contribution in [0.3, 0.4) is 0 Å². The maximum Gasteiger partial charge on any atom is 0.338 e. The predicted molar refractivity (Wildman–Crippen MR) is 46.9 cm³/mol. The minimum atomic E-state index is -1.26. The molecule has 0 spiro atoms. The second-order valence-electron chi connectivity index (χ2n) is 1.93. The molecule has 1 heterocycles. The minimum Gasteiger partial charge on any atom is -0.478 e. The summed E-state index contributed by atoms with van der Waals surface area (Å²) < 4.78 is 0. The Balaban J connectivity index is 3.00. The maximum absolute atomic E-state index is 10.5. The zero-order valence-corrected chi connectivity index (χ0v) is 7.10. The van der Waals surface area contributed by atoms with Gasteiger partial charge in [0, 0.05) is 16.0 Å². The van der Waals surface area contributed by atoms with Crippen LogP contribution in [0, 0.1) is 0 Å². The van der Waals surface area contributed by atoms with Gasteiger partial charge in [-0.25, -0.2) is 4.79 Å². The molecule has 66 valence electrons. The van der Waals surface area contributed by atoms with Gasteiger partial charge in [-0.1, -0.05) is 5.11 Å². The third-order valence-corrected chi connectivity index (χ3v) is 1.82. The summed E-state index contributed by atoms with van der Waals surface area (Å²) in [5.41, 5.74) is 9.27. The number of aliphatic carboxylic acids is 1. The van der Waals surface area contributed by atoms with Gasteiger partial charge < -0.3 is 5.11 Å². The number of carbonyl (C=O) groups is 1. The topological polar surface area (TPSA) is 99.0 Å². The number of carboxylic acids is 1. The quantitative estimate of drug-likeness (QED) is 0.345. The van der Waals surface area contributed by atoms with E-state index in [-0.39, 0.29) is 5.70 Å². The van der Waals surface area contributed by atoms with E-state index in [4.69, 9.17) is 10.6 Å². The number of azide groups is 1. The van der Waals surface area contributed by atoms with Gasteiger partial charge in [0.25, 0.3) is 0 Å². The van der Waals surface area contributed by atoms with Gasteiger partial charge in [-0.05, 0) is 11.6 Å². The fourth-order valence-corrected chi connectivity index (χ4v) is 1.16. The SMILES string of the molecule is [N-]=[N+]=N/C(=C\c1cncs1)C(=O)O. The molecule has 0 aliphatic carbocycles. The van der Waals surface area contributed by atoms with Crippen LogP contribution in [0.25, 0.3) is 16.5 Å². The number of rotatable bonds is 3. The lowest BCUT2D eigenvalue weighted by atomic mass is 10.4. The summed E-state index contributed by atoms with van der Waals surface area (Å²) in [6.07, 6.45) is 2.75. The van der Waals surface area contributed by atoms with E-state index in [1.165, 1.54) is 23.6 Å². The Morgan fingerprint density at radius 1 is 1.85 bits per heavy atom. The van der Waals surface area contributed by atoms with E-state index in [1.54, 1.807) is 5.51 Å². The Bertz CT molecular complexity index is 373. The van der Waals surface area contributed by atoms with Crippen molar-refractivity contribution in [1.82, 2.24) is 4.98 Å². The normalized spacial score (nSPS) is 10.6. The summed E-state index contributed by atoms with van der Waals surface area (Å²) in [6, 6.07) is 0. The molecule has 1 aromatic heterocycles. The number of aromatic nitrogens is 1. The van der Waals surface area contributed by atoms with Crippen LogP contribution in [0.15, 0.2) is 22.5 Å². The molecule has 0 saturated carbocycles. The highest BCUT2D eigenvalue weighted by atomic mass is 32.1. The second-order valence-corrected chi connectivity index (χ2v) is 2.85. The zero-order valence-electron chi connectivity index (χ0n) is 6.28. The summed E-state index contributed by atoms with van der Waals surface area (Å²) in [7, 11) is 0. The second kappa shape index (κ2) is 4.24. The van der Waals surface area contributed by atoms with Crippen molar-refractivity contribution in [1.29, 1.82) is 0 Å². The number of thiazole rings is 1. The summed E-state index contributed by atoms with van der Waals surface area (Å²) in [4.78, 5) is 17.2. The molecule has 0 fully saturated rings. The van der Waals surface area contributed by atoms with Gasteiger partial charge in [-0.3, -0.25) is 4.98 Å². The summed E-state index contributed by atoms with van der Waals surface area (Å²) in [6.45, 7) is 0. The fourth-order valence-electron chi connectivity index (χ4n) is 0.613. The van der Waals surface area contributed by atoms with Crippen molar-refractivity contribution in [2.45, 2.75) is 0 Å². The molecule has 1 N–H and O–H groups in total. The molecule has 0 saturated heterocycles. The third-order valence-electron chi connectivity index (χ3n) is 1.10. The summed E-state index contributed by atoms with van der Waals surface area (Å²) >= 11 is 1.26. The number of hydrogen-bond acceptors (Lipinski definition) is 4. The first-order chi connectivity index (χ1) is 6.24. The van der Waals surface area contributed by atoms with E-state index in [1.807, 2.05) is 0 Å². The van der Waals surface area contributed by atoms with Crippen molar-refractivity contribution in [3.8, 4) is 0 Å². The summed E-state index contributed by atoms with van der Waals surface area (Å²) in [5.74, 6) is -1.26. The molecule has 0 atom stereocenters. The van der Waals surface area contributed by atoms with Crippen LogP contribution in [0.2, 0.25) is 0 Å². The Morgan fingerprint density at radius 3 is 3.08 bits per heavy atom. The van der Waals surface area contributed by atoms with E-state index in [2.05, 4.69) is 15.0 Å². The minimum absolute atomic E-state index is 0.341. The van der Waals surface area contributed by atoms with Gasteiger partial charge in [0.15, 0.2) is 0 Å². The van der Waals surface area contributed by atoms with Crippen LogP contribution in [-0.2, 0) is 4.79 Å². The monoisotopic (exact) mass is 196 g/mol. The predicted octanol–water partition coefficient (Wildman–Crippen LogP) is 1.88. The van der Waals surface area contributed by atoms with Crippen LogP contribution in [0.4, 0.5) is 0 Å². The highest BCUT2D eigenvalue weighted by molar-refractivity contribution is 7.10. The molecule has 1 aromatic rings. The van der Waals surface area contributed by atoms with E-state index in [9.17, 15) is 4.79 Å². The van der Waals surface area contributed by atoms with Crippen LogP contribution in [0.1, 0.15) is 4.88 Å². The number of hydrogen-bond donors (Lipinski definition) is 1. The molecule has 0 amide bonds. The lowest BCUT2D eigenvalue weighted by Gasteiger charge is -1.89. The lowest BCUT2D eigenvalue weighted by Crippen LogP contribution is -1.95. The van der Waals surface area contributed by atoms with Gasteiger partial charge in [0.1, 0.15) is 5.70 Å². The van der Waals surface area contributed by atoms with Crippen LogP contribution in [0.5, 0.6) is 0 Å². The first kappa shape index (κ1) is 9.24. The van der Waals surface area contributed by atoms with Gasteiger partial charge in [0.05, 0.1) is 5.51 Å². The Hall–Kier alpha value is -1.85. The molecule has 1 rings (SSSR count).